The molecular formula is C15H27N5O. The van der Waals surface area contributed by atoms with E-state index in [1.165, 1.54) is 0 Å². The normalized spacial score (nSPS) is 11.6. The molecule has 0 fully saturated rings. The number of aromatic nitrogens is 1. The quantitative estimate of drug-likeness (QED) is 0.520. The summed E-state index contributed by atoms with van der Waals surface area (Å²) in [6, 6.07) is 3.46. The first-order valence-corrected chi connectivity index (χ1v) is 7.18. The van der Waals surface area contributed by atoms with Gasteiger partial charge in [0.25, 0.3) is 5.91 Å². The summed E-state index contributed by atoms with van der Waals surface area (Å²) in [5.41, 5.74) is 3.92. The summed E-state index contributed by atoms with van der Waals surface area (Å²) in [4.78, 5) is 18.7. The number of pyridine rings is 1. The van der Waals surface area contributed by atoms with E-state index >= 15 is 0 Å². The number of nitrogen functional groups attached to an aromatic ring is 1. The molecule has 0 saturated carbocycles. The third-order valence-corrected chi connectivity index (χ3v) is 3.12. The SMILES string of the molecule is CCc1cc(C(=O)NCC(C)(C)CN(C)C)cc(NN)n1. The minimum absolute atomic E-state index is 0.00865. The minimum Gasteiger partial charge on any atom is -0.351 e. The van der Waals surface area contributed by atoms with E-state index in [0.29, 0.717) is 17.9 Å². The molecule has 0 saturated heterocycles. The van der Waals surface area contributed by atoms with Crippen LogP contribution in [0.25, 0.3) is 0 Å². The van der Waals surface area contributed by atoms with Crippen molar-refractivity contribution in [3.05, 3.63) is 23.4 Å². The van der Waals surface area contributed by atoms with Crippen molar-refractivity contribution in [3.63, 3.8) is 0 Å². The van der Waals surface area contributed by atoms with Crippen molar-refractivity contribution in [3.8, 4) is 0 Å². The van der Waals surface area contributed by atoms with Gasteiger partial charge in [-0.25, -0.2) is 10.8 Å². The van der Waals surface area contributed by atoms with E-state index < -0.39 is 0 Å². The molecule has 6 nitrogen and oxygen atoms in total. The van der Waals surface area contributed by atoms with Crippen LogP contribution in [0.4, 0.5) is 5.82 Å². The number of aryl methyl sites for hydroxylation is 1. The molecule has 0 unspecified atom stereocenters. The highest BCUT2D eigenvalue weighted by molar-refractivity contribution is 5.95. The van der Waals surface area contributed by atoms with Crippen LogP contribution in [0.5, 0.6) is 0 Å². The highest BCUT2D eigenvalue weighted by Crippen LogP contribution is 2.15. The first-order valence-electron chi connectivity index (χ1n) is 7.18. The van der Waals surface area contributed by atoms with Crippen LogP contribution in [0.1, 0.15) is 36.8 Å². The van der Waals surface area contributed by atoms with Crippen molar-refractivity contribution in [1.29, 1.82) is 0 Å². The number of amides is 1. The third-order valence-electron chi connectivity index (χ3n) is 3.12. The lowest BCUT2D eigenvalue weighted by atomic mass is 9.93. The van der Waals surface area contributed by atoms with Gasteiger partial charge < -0.3 is 15.6 Å². The van der Waals surface area contributed by atoms with E-state index in [-0.39, 0.29) is 11.3 Å². The Morgan fingerprint density at radius 1 is 1.38 bits per heavy atom. The van der Waals surface area contributed by atoms with E-state index in [1.807, 2.05) is 21.0 Å². The van der Waals surface area contributed by atoms with Crippen molar-refractivity contribution < 1.29 is 4.79 Å². The van der Waals surface area contributed by atoms with E-state index in [1.54, 1.807) is 12.1 Å². The van der Waals surface area contributed by atoms with Crippen LogP contribution >= 0.6 is 0 Å². The maximum Gasteiger partial charge on any atom is 0.251 e. The van der Waals surface area contributed by atoms with Gasteiger partial charge in [0.1, 0.15) is 5.82 Å². The van der Waals surface area contributed by atoms with Crippen LogP contribution in [-0.2, 0) is 6.42 Å². The number of nitrogens with zero attached hydrogens (tertiary/aromatic N) is 2. The number of carbonyl (C=O) groups is 1. The number of nitrogens with two attached hydrogens (primary N) is 1. The van der Waals surface area contributed by atoms with E-state index in [2.05, 4.69) is 34.5 Å². The highest BCUT2D eigenvalue weighted by atomic mass is 16.1. The van der Waals surface area contributed by atoms with Gasteiger partial charge in [-0.3, -0.25) is 4.79 Å². The van der Waals surface area contributed by atoms with E-state index in [4.69, 9.17) is 5.84 Å². The number of hydrazine groups is 1. The molecule has 0 bridgehead atoms. The zero-order valence-electron chi connectivity index (χ0n) is 13.7. The van der Waals surface area contributed by atoms with Gasteiger partial charge in [0, 0.05) is 24.3 Å². The molecule has 0 aliphatic rings. The van der Waals surface area contributed by atoms with Gasteiger partial charge in [-0.05, 0) is 38.1 Å². The largest absolute Gasteiger partial charge is 0.351 e. The van der Waals surface area contributed by atoms with Crippen molar-refractivity contribution >= 4 is 11.7 Å². The molecule has 6 heteroatoms. The summed E-state index contributed by atoms with van der Waals surface area (Å²) in [6.07, 6.45) is 0.752. The van der Waals surface area contributed by atoms with Crippen LogP contribution in [-0.4, -0.2) is 43.0 Å². The van der Waals surface area contributed by atoms with E-state index in [9.17, 15) is 4.79 Å². The van der Waals surface area contributed by atoms with Crippen LogP contribution in [0.2, 0.25) is 0 Å². The third kappa shape index (κ3) is 5.69. The minimum atomic E-state index is -0.101. The molecule has 1 heterocycles. The molecule has 21 heavy (non-hydrogen) atoms. The Bertz CT molecular complexity index is 463. The molecule has 0 atom stereocenters. The molecule has 0 aliphatic heterocycles. The van der Waals surface area contributed by atoms with E-state index in [0.717, 1.165) is 18.7 Å². The van der Waals surface area contributed by atoms with Gasteiger partial charge in [-0.2, -0.15) is 0 Å². The lowest BCUT2D eigenvalue weighted by Gasteiger charge is -2.28. The molecular weight excluding hydrogens is 266 g/mol. The summed E-state index contributed by atoms with van der Waals surface area (Å²) in [6.45, 7) is 7.76. The van der Waals surface area contributed by atoms with Gasteiger partial charge in [0.2, 0.25) is 0 Å². The van der Waals surface area contributed by atoms with Crippen LogP contribution in [0, 0.1) is 5.41 Å². The van der Waals surface area contributed by atoms with Crippen LogP contribution in [0.15, 0.2) is 12.1 Å². The maximum atomic E-state index is 12.3. The van der Waals surface area contributed by atoms with Gasteiger partial charge in [0.05, 0.1) is 0 Å². The fourth-order valence-corrected chi connectivity index (χ4v) is 2.31. The predicted octanol–water partition coefficient (Wildman–Crippen LogP) is 1.25. The number of anilines is 1. The Morgan fingerprint density at radius 2 is 2.05 bits per heavy atom. The summed E-state index contributed by atoms with van der Waals surface area (Å²) in [5, 5.41) is 2.99. The average Bonchev–Trinajstić information content (AvgIpc) is 2.42. The number of nitrogens with one attached hydrogen (secondary N) is 2. The predicted molar refractivity (Wildman–Crippen MR) is 86.1 cm³/mol. The molecule has 118 valence electrons. The van der Waals surface area contributed by atoms with Crippen LogP contribution < -0.4 is 16.6 Å². The first-order chi connectivity index (χ1) is 9.77. The number of hydrogen-bond acceptors (Lipinski definition) is 5. The molecule has 1 amide bonds. The zero-order valence-corrected chi connectivity index (χ0v) is 13.7. The molecule has 0 aromatic carbocycles. The van der Waals surface area contributed by atoms with Crippen molar-refractivity contribution in [1.82, 2.24) is 15.2 Å². The Morgan fingerprint density at radius 3 is 2.57 bits per heavy atom. The second-order valence-electron chi connectivity index (χ2n) is 6.31. The van der Waals surface area contributed by atoms with Gasteiger partial charge in [0.15, 0.2) is 0 Å². The van der Waals surface area contributed by atoms with Crippen molar-refractivity contribution in [2.24, 2.45) is 11.3 Å². The smallest absolute Gasteiger partial charge is 0.251 e. The number of carbonyl (C=O) groups excluding carboxylic acids is 1. The van der Waals surface area contributed by atoms with Gasteiger partial charge >= 0.3 is 0 Å². The second-order valence-corrected chi connectivity index (χ2v) is 6.31. The Kier molecular flexibility index (Phi) is 6.11. The average molecular weight is 293 g/mol. The van der Waals surface area contributed by atoms with Crippen molar-refractivity contribution in [2.45, 2.75) is 27.2 Å². The fraction of sp³-hybridized carbons (Fsp3) is 0.600. The van der Waals surface area contributed by atoms with Crippen LogP contribution in [0.3, 0.4) is 0 Å². The Labute approximate surface area is 127 Å². The zero-order chi connectivity index (χ0) is 16.0. The standard InChI is InChI=1S/C15H27N5O/c1-6-12-7-11(8-13(18-12)19-16)14(21)17-9-15(2,3)10-20(4)5/h7-8H,6,9-10,16H2,1-5H3,(H,17,21)(H,18,19). The first kappa shape index (κ1) is 17.4. The monoisotopic (exact) mass is 293 g/mol. The summed E-state index contributed by atoms with van der Waals surface area (Å²) < 4.78 is 0. The summed E-state index contributed by atoms with van der Waals surface area (Å²) in [5.74, 6) is 5.80. The highest BCUT2D eigenvalue weighted by Gasteiger charge is 2.20. The maximum absolute atomic E-state index is 12.3. The summed E-state index contributed by atoms with van der Waals surface area (Å²) >= 11 is 0. The lowest BCUT2D eigenvalue weighted by molar-refractivity contribution is 0.0929. The number of rotatable bonds is 7. The molecule has 1 aromatic heterocycles. The fourth-order valence-electron chi connectivity index (χ4n) is 2.31. The second kappa shape index (κ2) is 7.38. The molecule has 0 spiro atoms. The summed E-state index contributed by atoms with van der Waals surface area (Å²) in [7, 11) is 4.05. The Balaban J connectivity index is 2.75. The molecule has 0 aliphatic carbocycles. The molecule has 1 aromatic rings. The van der Waals surface area contributed by atoms with Gasteiger partial charge in [-0.15, -0.1) is 0 Å². The molecule has 1 rings (SSSR count). The Hall–Kier alpha value is -1.66. The molecule has 4 N–H and O–H groups in total. The van der Waals surface area contributed by atoms with Gasteiger partial charge in [-0.1, -0.05) is 20.8 Å². The number of hydrogen-bond donors (Lipinski definition) is 3. The molecule has 0 radical (unpaired) electrons. The van der Waals surface area contributed by atoms with Crippen molar-refractivity contribution in [2.75, 3.05) is 32.6 Å². The lowest BCUT2D eigenvalue weighted by Crippen LogP contribution is -2.40. The topological polar surface area (TPSA) is 83.3 Å².